The number of nitrogens with one attached hydrogen (secondary N) is 1. The van der Waals surface area contributed by atoms with Gasteiger partial charge in [-0.25, -0.2) is 17.8 Å². The summed E-state index contributed by atoms with van der Waals surface area (Å²) in [5.41, 5.74) is 3.27. The quantitative estimate of drug-likeness (QED) is 0.416. The fourth-order valence-electron chi connectivity index (χ4n) is 4.54. The molecule has 1 aromatic heterocycles. The number of fused-ring (bicyclic) bond motifs is 1. The molecule has 1 N–H and O–H groups in total. The molecule has 3 aromatic carbocycles. The number of aromatic nitrogens is 1. The van der Waals surface area contributed by atoms with Crippen molar-refractivity contribution in [3.05, 3.63) is 84.3 Å². The van der Waals surface area contributed by atoms with Gasteiger partial charge in [-0.3, -0.25) is 0 Å². The van der Waals surface area contributed by atoms with E-state index in [0.29, 0.717) is 42.8 Å². The molecule has 0 bridgehead atoms. The number of piperazine rings is 1. The molecule has 180 valence electrons. The van der Waals surface area contributed by atoms with Gasteiger partial charge in [0.05, 0.1) is 23.1 Å². The number of benzene rings is 3. The smallest absolute Gasteiger partial charge is 0.214 e. The number of aryl methyl sites for hydroxylation is 1. The number of rotatable bonds is 5. The summed E-state index contributed by atoms with van der Waals surface area (Å²) in [5, 5.41) is 0.552. The van der Waals surface area contributed by atoms with E-state index in [1.165, 1.54) is 18.3 Å². The minimum absolute atomic E-state index is 0.150. The molecule has 0 atom stereocenters. The Morgan fingerprint density at radius 2 is 1.54 bits per heavy atom. The number of nitrogens with zero attached hydrogens (tertiary/aromatic N) is 2. The summed E-state index contributed by atoms with van der Waals surface area (Å²) in [7, 11) is -2.20. The lowest BCUT2D eigenvalue weighted by atomic mass is 10.1. The van der Waals surface area contributed by atoms with E-state index >= 15 is 0 Å². The van der Waals surface area contributed by atoms with Crippen molar-refractivity contribution in [3.63, 3.8) is 0 Å². The van der Waals surface area contributed by atoms with Crippen LogP contribution in [-0.2, 0) is 9.84 Å². The fourth-order valence-corrected chi connectivity index (χ4v) is 6.00. The average molecular weight is 493 g/mol. The SMILES string of the molecule is COc1ccc(N2CCN(c3c(S(=O)(=O)c4ccc(C)cc4)c[nH+]c4ccc(F)cc34)CC2)cc1. The number of H-pyrrole nitrogens is 1. The van der Waals surface area contributed by atoms with E-state index in [4.69, 9.17) is 4.74 Å². The van der Waals surface area contributed by atoms with Crippen LogP contribution in [0.3, 0.4) is 0 Å². The number of hydrogen-bond donors (Lipinski definition) is 0. The highest BCUT2D eigenvalue weighted by molar-refractivity contribution is 7.91. The van der Waals surface area contributed by atoms with Crippen molar-refractivity contribution in [1.29, 1.82) is 0 Å². The van der Waals surface area contributed by atoms with Gasteiger partial charge < -0.3 is 14.5 Å². The average Bonchev–Trinajstić information content (AvgIpc) is 2.88. The topological polar surface area (TPSA) is 64.0 Å². The third-order valence-corrected chi connectivity index (χ3v) is 8.27. The molecular weight excluding hydrogens is 465 g/mol. The Bertz CT molecular complexity index is 1460. The van der Waals surface area contributed by atoms with E-state index in [2.05, 4.69) is 14.8 Å². The van der Waals surface area contributed by atoms with E-state index in [1.807, 2.05) is 31.2 Å². The second-order valence-corrected chi connectivity index (χ2v) is 10.6. The molecule has 0 aliphatic carbocycles. The molecule has 6 nitrogen and oxygen atoms in total. The van der Waals surface area contributed by atoms with Crippen LogP contribution in [0.25, 0.3) is 10.9 Å². The first kappa shape index (κ1) is 23.1. The summed E-state index contributed by atoms with van der Waals surface area (Å²) in [6.45, 7) is 4.50. The Kier molecular flexibility index (Phi) is 6.06. The van der Waals surface area contributed by atoms with Crippen LogP contribution in [0.15, 0.2) is 82.7 Å². The lowest BCUT2D eigenvalue weighted by molar-refractivity contribution is -0.347. The van der Waals surface area contributed by atoms with Gasteiger partial charge in [0.2, 0.25) is 15.4 Å². The number of ether oxygens (including phenoxy) is 1. The Morgan fingerprint density at radius 3 is 2.20 bits per heavy atom. The lowest BCUT2D eigenvalue weighted by Crippen LogP contribution is -2.47. The highest BCUT2D eigenvalue weighted by Crippen LogP contribution is 2.36. The maximum absolute atomic E-state index is 14.3. The molecule has 1 fully saturated rings. The fraction of sp³-hybridized carbons (Fsp3) is 0.222. The summed E-state index contributed by atoms with van der Waals surface area (Å²) in [6.07, 6.45) is 1.53. The molecule has 1 aliphatic heterocycles. The minimum atomic E-state index is -3.84. The maximum Gasteiger partial charge on any atom is 0.214 e. The highest BCUT2D eigenvalue weighted by atomic mass is 32.2. The number of methoxy groups -OCH3 is 1. The molecule has 4 aromatic rings. The van der Waals surface area contributed by atoms with E-state index < -0.39 is 15.7 Å². The van der Waals surface area contributed by atoms with Crippen molar-refractivity contribution in [3.8, 4) is 5.75 Å². The first-order chi connectivity index (χ1) is 16.9. The molecule has 8 heteroatoms. The van der Waals surface area contributed by atoms with Crippen molar-refractivity contribution in [2.45, 2.75) is 16.7 Å². The van der Waals surface area contributed by atoms with Crippen LogP contribution in [0.2, 0.25) is 0 Å². The summed E-state index contributed by atoms with van der Waals surface area (Å²) in [6, 6.07) is 19.1. The molecule has 2 heterocycles. The molecule has 1 saturated heterocycles. The largest absolute Gasteiger partial charge is 0.497 e. The van der Waals surface area contributed by atoms with Crippen molar-refractivity contribution in [1.82, 2.24) is 0 Å². The Balaban J connectivity index is 1.54. The zero-order chi connectivity index (χ0) is 24.6. The number of aromatic amines is 1. The number of pyridine rings is 1. The second kappa shape index (κ2) is 9.19. The van der Waals surface area contributed by atoms with E-state index in [9.17, 15) is 12.8 Å². The summed E-state index contributed by atoms with van der Waals surface area (Å²) < 4.78 is 47.0. The monoisotopic (exact) mass is 492 g/mol. The van der Waals surface area contributed by atoms with Gasteiger partial charge in [0.25, 0.3) is 0 Å². The highest BCUT2D eigenvalue weighted by Gasteiger charge is 2.31. The summed E-state index contributed by atoms with van der Waals surface area (Å²) in [4.78, 5) is 7.73. The van der Waals surface area contributed by atoms with Crippen molar-refractivity contribution >= 4 is 32.1 Å². The third kappa shape index (κ3) is 4.41. The van der Waals surface area contributed by atoms with Gasteiger partial charge in [-0.1, -0.05) is 17.7 Å². The first-order valence-electron chi connectivity index (χ1n) is 11.5. The van der Waals surface area contributed by atoms with Crippen molar-refractivity contribution in [2.75, 3.05) is 43.1 Å². The zero-order valence-electron chi connectivity index (χ0n) is 19.7. The van der Waals surface area contributed by atoms with Gasteiger partial charge in [-0.2, -0.15) is 0 Å². The van der Waals surface area contributed by atoms with Crippen molar-refractivity contribution in [2.24, 2.45) is 0 Å². The standard InChI is InChI=1S/C27H26FN3O3S/c1-19-3-10-23(11-4-19)35(32,33)26-18-29-25-12-5-20(28)17-24(25)27(26)31-15-13-30(14-16-31)21-6-8-22(34-2)9-7-21/h3-12,17-18H,13-16H2,1-2H3/p+1. The Morgan fingerprint density at radius 1 is 0.886 bits per heavy atom. The molecule has 0 radical (unpaired) electrons. The molecule has 0 unspecified atom stereocenters. The summed E-state index contributed by atoms with van der Waals surface area (Å²) in [5.74, 6) is 0.390. The molecule has 0 amide bonds. The van der Waals surface area contributed by atoms with Crippen LogP contribution < -0.4 is 19.5 Å². The van der Waals surface area contributed by atoms with Gasteiger partial charge in [-0.15, -0.1) is 0 Å². The lowest BCUT2D eigenvalue weighted by Gasteiger charge is -2.38. The summed E-state index contributed by atoms with van der Waals surface area (Å²) >= 11 is 0. The van der Waals surface area contributed by atoms with Crippen LogP contribution in [-0.4, -0.2) is 41.7 Å². The predicted octanol–water partition coefficient (Wildman–Crippen LogP) is 4.27. The van der Waals surface area contributed by atoms with Crippen molar-refractivity contribution < 1.29 is 22.5 Å². The molecule has 0 saturated carbocycles. The Hall–Kier alpha value is -3.65. The predicted molar refractivity (Wildman–Crippen MR) is 135 cm³/mol. The second-order valence-electron chi connectivity index (χ2n) is 8.68. The van der Waals surface area contributed by atoms with E-state index in [0.717, 1.165) is 17.0 Å². The maximum atomic E-state index is 14.3. The van der Waals surface area contributed by atoms with Gasteiger partial charge in [0.1, 0.15) is 11.6 Å². The molecule has 5 rings (SSSR count). The number of sulfone groups is 1. The molecule has 0 spiro atoms. The number of halogens is 1. The van der Waals surface area contributed by atoms with E-state index in [-0.39, 0.29) is 9.79 Å². The number of hydrogen-bond acceptors (Lipinski definition) is 5. The Labute approximate surface area is 204 Å². The zero-order valence-corrected chi connectivity index (χ0v) is 20.5. The first-order valence-corrected chi connectivity index (χ1v) is 12.9. The normalized spacial score (nSPS) is 14.4. The van der Waals surface area contributed by atoms with Gasteiger partial charge in [0, 0.05) is 37.9 Å². The third-order valence-electron chi connectivity index (χ3n) is 6.48. The molecule has 35 heavy (non-hydrogen) atoms. The van der Waals surface area contributed by atoms with Crippen LogP contribution in [0.1, 0.15) is 5.56 Å². The molecule has 1 aliphatic rings. The van der Waals surface area contributed by atoms with Crippen LogP contribution in [0.4, 0.5) is 15.8 Å². The van der Waals surface area contributed by atoms with E-state index in [1.54, 1.807) is 37.4 Å². The number of anilines is 2. The van der Waals surface area contributed by atoms with Crippen LogP contribution in [0.5, 0.6) is 5.75 Å². The minimum Gasteiger partial charge on any atom is -0.497 e. The van der Waals surface area contributed by atoms with Crippen LogP contribution >= 0.6 is 0 Å². The van der Waals surface area contributed by atoms with Gasteiger partial charge in [-0.05, 0) is 55.5 Å². The van der Waals surface area contributed by atoms with Crippen LogP contribution in [0, 0.1) is 12.7 Å². The van der Waals surface area contributed by atoms with Gasteiger partial charge in [0.15, 0.2) is 11.1 Å². The van der Waals surface area contributed by atoms with Gasteiger partial charge >= 0.3 is 0 Å². The molecular formula is C27H27FN3O3S+.